The van der Waals surface area contributed by atoms with Crippen molar-refractivity contribution in [2.45, 2.75) is 64.5 Å². The Hall–Kier alpha value is -3.24. The second-order valence-electron chi connectivity index (χ2n) is 9.98. The van der Waals surface area contributed by atoms with Crippen molar-refractivity contribution in [2.24, 2.45) is 7.05 Å². The van der Waals surface area contributed by atoms with E-state index >= 15 is 0 Å². The molecule has 2 aliphatic heterocycles. The summed E-state index contributed by atoms with van der Waals surface area (Å²) in [7, 11) is 1.72. The third-order valence-corrected chi connectivity index (χ3v) is 6.18. The van der Waals surface area contributed by atoms with E-state index in [1.54, 1.807) is 48.5 Å². The van der Waals surface area contributed by atoms with Gasteiger partial charge < -0.3 is 14.5 Å². The highest BCUT2D eigenvalue weighted by Crippen LogP contribution is 2.36. The Balaban J connectivity index is 1.54. The van der Waals surface area contributed by atoms with Crippen LogP contribution in [-0.2, 0) is 31.1 Å². The Morgan fingerprint density at radius 2 is 1.80 bits per heavy atom. The minimum atomic E-state index is -4.53. The second kappa shape index (κ2) is 9.09. The van der Waals surface area contributed by atoms with Gasteiger partial charge in [-0.1, -0.05) is 18.2 Å². The van der Waals surface area contributed by atoms with Gasteiger partial charge in [-0.3, -0.25) is 9.58 Å². The van der Waals surface area contributed by atoms with Gasteiger partial charge in [-0.2, -0.15) is 18.3 Å². The van der Waals surface area contributed by atoms with Gasteiger partial charge in [-0.25, -0.2) is 9.59 Å². The van der Waals surface area contributed by atoms with E-state index in [1.165, 1.54) is 23.1 Å². The summed E-state index contributed by atoms with van der Waals surface area (Å²) < 4.78 is 47.8. The summed E-state index contributed by atoms with van der Waals surface area (Å²) in [4.78, 5) is 30.7. The Morgan fingerprint density at radius 3 is 2.43 bits per heavy atom. The molecule has 1 aromatic carbocycles. The second-order valence-corrected chi connectivity index (χ2v) is 9.98. The molecule has 2 aliphatic rings. The number of rotatable bonds is 3. The van der Waals surface area contributed by atoms with E-state index in [-0.39, 0.29) is 30.7 Å². The number of benzene rings is 1. The van der Waals surface area contributed by atoms with Crippen molar-refractivity contribution in [3.05, 3.63) is 47.3 Å². The Labute approximate surface area is 202 Å². The van der Waals surface area contributed by atoms with E-state index in [0.717, 1.165) is 6.07 Å². The van der Waals surface area contributed by atoms with E-state index < -0.39 is 23.4 Å². The minimum absolute atomic E-state index is 0.0183. The number of ether oxygens (including phenoxy) is 1. The third-order valence-electron chi connectivity index (χ3n) is 6.18. The number of anilines is 1. The number of nitrogens with zero attached hydrogens (tertiary/aromatic N) is 5. The van der Waals surface area contributed by atoms with Gasteiger partial charge in [0, 0.05) is 32.4 Å². The van der Waals surface area contributed by atoms with Crippen molar-refractivity contribution >= 4 is 17.8 Å². The molecular formula is C24H30F3N5O3. The average molecular weight is 494 g/mol. The number of alkyl halides is 3. The molecule has 0 unspecified atom stereocenters. The molecule has 0 saturated carbocycles. The number of halogens is 3. The lowest BCUT2D eigenvalue weighted by molar-refractivity contribution is -0.138. The minimum Gasteiger partial charge on any atom is -0.444 e. The van der Waals surface area contributed by atoms with Crippen molar-refractivity contribution in [1.82, 2.24) is 19.6 Å². The van der Waals surface area contributed by atoms with Crippen LogP contribution in [-0.4, -0.2) is 56.4 Å². The first-order valence-electron chi connectivity index (χ1n) is 11.6. The van der Waals surface area contributed by atoms with Crippen molar-refractivity contribution in [3.63, 3.8) is 0 Å². The Kier molecular flexibility index (Phi) is 6.46. The monoisotopic (exact) mass is 493 g/mol. The average Bonchev–Trinajstić information content (AvgIpc) is 3.14. The molecule has 2 aromatic rings. The highest BCUT2D eigenvalue weighted by atomic mass is 19.4. The molecule has 0 bridgehead atoms. The summed E-state index contributed by atoms with van der Waals surface area (Å²) in [6.45, 7) is 6.31. The van der Waals surface area contributed by atoms with Crippen LogP contribution < -0.4 is 4.90 Å². The summed E-state index contributed by atoms with van der Waals surface area (Å²) in [5.41, 5.74) is -0.201. The van der Waals surface area contributed by atoms with Crippen LogP contribution >= 0.6 is 0 Å². The largest absolute Gasteiger partial charge is 0.444 e. The van der Waals surface area contributed by atoms with Gasteiger partial charge in [0.25, 0.3) is 0 Å². The standard InChI is InChI=1S/C24H30F3N5O3/c1-23(2,3)35-22(34)30-11-9-17(10-12-30)31-14-19-20(15-29(4)28-19)32(21(31)33)13-16-7-5-6-8-18(16)24(25,26)27/h5-8,15,17H,9-14H2,1-4H3. The lowest BCUT2D eigenvalue weighted by Crippen LogP contribution is -2.54. The number of aryl methyl sites for hydroxylation is 1. The van der Waals surface area contributed by atoms with Crippen molar-refractivity contribution < 1.29 is 27.5 Å². The van der Waals surface area contributed by atoms with Gasteiger partial charge >= 0.3 is 18.3 Å². The topological polar surface area (TPSA) is 70.9 Å². The van der Waals surface area contributed by atoms with Crippen LogP contribution in [0.5, 0.6) is 0 Å². The fourth-order valence-corrected chi connectivity index (χ4v) is 4.58. The molecule has 0 N–H and O–H groups in total. The predicted octanol–water partition coefficient (Wildman–Crippen LogP) is 4.78. The number of hydrogen-bond donors (Lipinski definition) is 0. The van der Waals surface area contributed by atoms with E-state index in [2.05, 4.69) is 5.10 Å². The van der Waals surface area contributed by atoms with Crippen LogP contribution in [0.25, 0.3) is 0 Å². The lowest BCUT2D eigenvalue weighted by Gasteiger charge is -2.42. The number of aromatic nitrogens is 2. The molecule has 0 radical (unpaired) electrons. The van der Waals surface area contributed by atoms with E-state index in [4.69, 9.17) is 4.74 Å². The first-order chi connectivity index (χ1) is 16.3. The lowest BCUT2D eigenvalue weighted by atomic mass is 10.0. The zero-order chi connectivity index (χ0) is 25.5. The molecular weight excluding hydrogens is 463 g/mol. The number of urea groups is 1. The number of fused-ring (bicyclic) bond motifs is 1. The van der Waals surface area contributed by atoms with Crippen LogP contribution in [0.1, 0.15) is 50.4 Å². The third kappa shape index (κ3) is 5.38. The number of likely N-dealkylation sites (tertiary alicyclic amines) is 1. The Bertz CT molecular complexity index is 1100. The molecule has 35 heavy (non-hydrogen) atoms. The van der Waals surface area contributed by atoms with Crippen LogP contribution in [0.2, 0.25) is 0 Å². The zero-order valence-corrected chi connectivity index (χ0v) is 20.3. The molecule has 190 valence electrons. The van der Waals surface area contributed by atoms with Gasteiger partial charge in [0.15, 0.2) is 0 Å². The maximum atomic E-state index is 13.6. The van der Waals surface area contributed by atoms with Gasteiger partial charge in [0.2, 0.25) is 0 Å². The summed E-state index contributed by atoms with van der Waals surface area (Å²) in [5, 5.41) is 4.45. The molecule has 3 amide bonds. The van der Waals surface area contributed by atoms with Gasteiger partial charge in [-0.15, -0.1) is 0 Å². The zero-order valence-electron chi connectivity index (χ0n) is 20.3. The van der Waals surface area contributed by atoms with Gasteiger partial charge in [0.05, 0.1) is 24.3 Å². The maximum Gasteiger partial charge on any atom is 0.416 e. The molecule has 3 heterocycles. The van der Waals surface area contributed by atoms with Crippen molar-refractivity contribution in [3.8, 4) is 0 Å². The van der Waals surface area contributed by atoms with Crippen LogP contribution in [0, 0.1) is 0 Å². The van der Waals surface area contributed by atoms with Gasteiger partial charge in [0.1, 0.15) is 11.3 Å². The normalized spacial score (nSPS) is 17.6. The molecule has 11 heteroatoms. The van der Waals surface area contributed by atoms with Gasteiger partial charge in [-0.05, 0) is 45.2 Å². The molecule has 1 aromatic heterocycles. The number of piperidine rings is 1. The highest BCUT2D eigenvalue weighted by Gasteiger charge is 2.40. The van der Waals surface area contributed by atoms with Crippen LogP contribution in [0.3, 0.4) is 0 Å². The smallest absolute Gasteiger partial charge is 0.416 e. The summed E-state index contributed by atoms with van der Waals surface area (Å²) >= 11 is 0. The Morgan fingerprint density at radius 1 is 1.14 bits per heavy atom. The molecule has 0 aliphatic carbocycles. The number of amides is 3. The van der Waals surface area contributed by atoms with E-state index in [0.29, 0.717) is 37.3 Å². The van der Waals surface area contributed by atoms with E-state index in [1.807, 2.05) is 0 Å². The molecule has 0 atom stereocenters. The number of carbonyl (C=O) groups is 2. The van der Waals surface area contributed by atoms with Crippen molar-refractivity contribution in [1.29, 1.82) is 0 Å². The summed E-state index contributed by atoms with van der Waals surface area (Å²) in [5.74, 6) is 0. The predicted molar refractivity (Wildman–Crippen MR) is 123 cm³/mol. The molecule has 1 fully saturated rings. The molecule has 8 nitrogen and oxygen atoms in total. The number of hydrogen-bond acceptors (Lipinski definition) is 4. The van der Waals surface area contributed by atoms with Crippen LogP contribution in [0.4, 0.5) is 28.4 Å². The van der Waals surface area contributed by atoms with Crippen LogP contribution in [0.15, 0.2) is 30.5 Å². The highest BCUT2D eigenvalue weighted by molar-refractivity contribution is 5.94. The fourth-order valence-electron chi connectivity index (χ4n) is 4.58. The molecule has 0 spiro atoms. The fraction of sp³-hybridized carbons (Fsp3) is 0.542. The SMILES string of the molecule is Cn1cc2c(n1)CN(C1CCN(C(=O)OC(C)(C)C)CC1)C(=O)N2Cc1ccccc1C(F)(F)F. The maximum absolute atomic E-state index is 13.6. The van der Waals surface area contributed by atoms with Crippen molar-refractivity contribution in [2.75, 3.05) is 18.0 Å². The number of carbonyl (C=O) groups excluding carboxylic acids is 2. The first kappa shape index (κ1) is 24.9. The summed E-state index contributed by atoms with van der Waals surface area (Å²) in [6.07, 6.45) is -2.17. The quantitative estimate of drug-likeness (QED) is 0.617. The summed E-state index contributed by atoms with van der Waals surface area (Å²) in [6, 6.07) is 4.76. The molecule has 1 saturated heterocycles. The first-order valence-corrected chi connectivity index (χ1v) is 11.6. The molecule has 4 rings (SSSR count). The van der Waals surface area contributed by atoms with E-state index in [9.17, 15) is 22.8 Å².